The second-order valence-electron chi connectivity index (χ2n) is 7.11. The molecule has 5 heteroatoms. The lowest BCUT2D eigenvalue weighted by Gasteiger charge is -2.38. The molecule has 3 aliphatic rings. The fourth-order valence-electron chi connectivity index (χ4n) is 3.82. The van der Waals surface area contributed by atoms with E-state index in [1.807, 2.05) is 4.90 Å². The molecule has 1 aromatic rings. The molecule has 3 nitrogen and oxygen atoms in total. The highest BCUT2D eigenvalue weighted by molar-refractivity contribution is 6.33. The minimum absolute atomic E-state index is 0.288. The highest BCUT2D eigenvalue weighted by Crippen LogP contribution is 2.50. The zero-order valence-electron chi connectivity index (χ0n) is 13.2. The van der Waals surface area contributed by atoms with Crippen LogP contribution in [0, 0.1) is 23.6 Å². The van der Waals surface area contributed by atoms with Crippen LogP contribution in [0.15, 0.2) is 18.2 Å². The van der Waals surface area contributed by atoms with Gasteiger partial charge in [-0.15, -0.1) is 0 Å². The molecule has 0 N–H and O–H groups in total. The van der Waals surface area contributed by atoms with Crippen molar-refractivity contribution in [2.45, 2.75) is 25.7 Å². The number of hydrogen-bond acceptors (Lipinski definition) is 2. The standard InChI is InChI=1S/C18H22ClFN2O/c19-15-11-14(20)5-6-16(15)21-7-9-22(10-8-21)18(23)17(12-1-2-12)13-3-4-13/h5-6,11-13,17H,1-4,7-10H2. The van der Waals surface area contributed by atoms with Crippen LogP contribution in [0.1, 0.15) is 25.7 Å². The van der Waals surface area contributed by atoms with Crippen LogP contribution in [0.4, 0.5) is 10.1 Å². The summed E-state index contributed by atoms with van der Waals surface area (Å²) in [6.07, 6.45) is 4.94. The first-order valence-corrected chi connectivity index (χ1v) is 9.00. The average Bonchev–Trinajstić information content (AvgIpc) is 3.43. The van der Waals surface area contributed by atoms with Crippen LogP contribution in [0.5, 0.6) is 0 Å². The van der Waals surface area contributed by atoms with Crippen LogP contribution in [0.25, 0.3) is 0 Å². The lowest BCUT2D eigenvalue weighted by atomic mass is 9.96. The van der Waals surface area contributed by atoms with Crippen molar-refractivity contribution in [2.75, 3.05) is 31.1 Å². The van der Waals surface area contributed by atoms with E-state index in [1.165, 1.54) is 37.8 Å². The first-order chi connectivity index (χ1) is 11.1. The zero-order valence-corrected chi connectivity index (χ0v) is 13.9. The van der Waals surface area contributed by atoms with Crippen molar-refractivity contribution in [1.82, 2.24) is 4.90 Å². The van der Waals surface area contributed by atoms with Crippen LogP contribution in [0.3, 0.4) is 0 Å². The predicted octanol–water partition coefficient (Wildman–Crippen LogP) is 3.56. The molecule has 1 saturated heterocycles. The van der Waals surface area contributed by atoms with E-state index in [9.17, 15) is 9.18 Å². The van der Waals surface area contributed by atoms with E-state index in [-0.39, 0.29) is 11.7 Å². The minimum Gasteiger partial charge on any atom is -0.367 e. The topological polar surface area (TPSA) is 23.6 Å². The molecule has 0 bridgehead atoms. The largest absolute Gasteiger partial charge is 0.367 e. The molecule has 0 unspecified atom stereocenters. The number of benzene rings is 1. The van der Waals surface area contributed by atoms with Gasteiger partial charge in [-0.2, -0.15) is 0 Å². The molecule has 3 fully saturated rings. The van der Waals surface area contributed by atoms with Crippen LogP contribution in [0.2, 0.25) is 5.02 Å². The summed E-state index contributed by atoms with van der Waals surface area (Å²) in [6, 6.07) is 4.52. The Kier molecular flexibility index (Phi) is 3.96. The number of rotatable bonds is 4. The van der Waals surface area contributed by atoms with Gasteiger partial charge in [0.1, 0.15) is 5.82 Å². The van der Waals surface area contributed by atoms with Gasteiger partial charge in [0.25, 0.3) is 0 Å². The van der Waals surface area contributed by atoms with Gasteiger partial charge in [-0.1, -0.05) is 11.6 Å². The Bertz CT molecular complexity index is 595. The third-order valence-electron chi connectivity index (χ3n) is 5.39. The maximum Gasteiger partial charge on any atom is 0.226 e. The van der Waals surface area contributed by atoms with Crippen LogP contribution >= 0.6 is 11.6 Å². The number of nitrogens with zero attached hydrogens (tertiary/aromatic N) is 2. The highest BCUT2D eigenvalue weighted by Gasteiger charge is 2.47. The Morgan fingerprint density at radius 1 is 1.09 bits per heavy atom. The van der Waals surface area contributed by atoms with Crippen molar-refractivity contribution in [3.63, 3.8) is 0 Å². The lowest BCUT2D eigenvalue weighted by Crippen LogP contribution is -2.51. The summed E-state index contributed by atoms with van der Waals surface area (Å²) in [4.78, 5) is 17.0. The van der Waals surface area contributed by atoms with Crippen molar-refractivity contribution in [3.8, 4) is 0 Å². The van der Waals surface area contributed by atoms with E-state index in [1.54, 1.807) is 6.07 Å². The third kappa shape index (κ3) is 3.18. The Labute approximate surface area is 141 Å². The highest BCUT2D eigenvalue weighted by atomic mass is 35.5. The Balaban J connectivity index is 1.39. The van der Waals surface area contributed by atoms with Gasteiger partial charge in [-0.25, -0.2) is 4.39 Å². The number of carbonyl (C=O) groups excluding carboxylic acids is 1. The van der Waals surface area contributed by atoms with E-state index in [2.05, 4.69) is 4.90 Å². The molecule has 4 rings (SSSR count). The van der Waals surface area contributed by atoms with Gasteiger partial charge in [-0.3, -0.25) is 4.79 Å². The zero-order chi connectivity index (χ0) is 16.0. The number of carbonyl (C=O) groups is 1. The fraction of sp³-hybridized carbons (Fsp3) is 0.611. The first kappa shape index (κ1) is 15.3. The van der Waals surface area contributed by atoms with E-state index in [0.29, 0.717) is 22.8 Å². The number of piperazine rings is 1. The van der Waals surface area contributed by atoms with E-state index in [4.69, 9.17) is 11.6 Å². The van der Waals surface area contributed by atoms with Gasteiger partial charge in [0.2, 0.25) is 5.91 Å². The van der Waals surface area contributed by atoms with Gasteiger partial charge < -0.3 is 9.80 Å². The molecule has 0 radical (unpaired) electrons. The van der Waals surface area contributed by atoms with Gasteiger partial charge in [-0.05, 0) is 55.7 Å². The van der Waals surface area contributed by atoms with E-state index < -0.39 is 0 Å². The molecular formula is C18H22ClFN2O. The summed E-state index contributed by atoms with van der Waals surface area (Å²) in [6.45, 7) is 3.00. The van der Waals surface area contributed by atoms with Gasteiger partial charge >= 0.3 is 0 Å². The lowest BCUT2D eigenvalue weighted by molar-refractivity contribution is -0.137. The molecule has 0 spiro atoms. The predicted molar refractivity (Wildman–Crippen MR) is 89.1 cm³/mol. The quantitative estimate of drug-likeness (QED) is 0.839. The molecule has 2 saturated carbocycles. The van der Waals surface area contributed by atoms with Gasteiger partial charge in [0.15, 0.2) is 0 Å². The maximum absolute atomic E-state index is 13.2. The molecule has 124 valence electrons. The monoisotopic (exact) mass is 336 g/mol. The minimum atomic E-state index is -0.315. The van der Waals surface area contributed by atoms with Crippen LogP contribution < -0.4 is 4.90 Å². The SMILES string of the molecule is O=C(C(C1CC1)C1CC1)N1CCN(c2ccc(F)cc2Cl)CC1. The Morgan fingerprint density at radius 3 is 2.22 bits per heavy atom. The molecule has 0 atom stereocenters. The summed E-state index contributed by atoms with van der Waals surface area (Å²) in [5.41, 5.74) is 0.862. The van der Waals surface area contributed by atoms with Crippen molar-refractivity contribution in [2.24, 2.45) is 17.8 Å². The van der Waals surface area contributed by atoms with Crippen molar-refractivity contribution in [3.05, 3.63) is 29.0 Å². The molecular weight excluding hydrogens is 315 g/mol. The third-order valence-corrected chi connectivity index (χ3v) is 5.69. The van der Waals surface area contributed by atoms with Gasteiger partial charge in [0, 0.05) is 32.1 Å². The smallest absolute Gasteiger partial charge is 0.226 e. The second-order valence-corrected chi connectivity index (χ2v) is 7.52. The van der Waals surface area contributed by atoms with Crippen LogP contribution in [-0.2, 0) is 4.79 Å². The number of amides is 1. The number of hydrogen-bond donors (Lipinski definition) is 0. The molecule has 2 aliphatic carbocycles. The summed E-state index contributed by atoms with van der Waals surface area (Å²) in [5.74, 6) is 1.65. The Morgan fingerprint density at radius 2 is 1.70 bits per heavy atom. The molecule has 1 aliphatic heterocycles. The fourth-order valence-corrected chi connectivity index (χ4v) is 4.10. The van der Waals surface area contributed by atoms with Crippen molar-refractivity contribution >= 4 is 23.2 Å². The molecule has 1 aromatic carbocycles. The molecule has 1 amide bonds. The first-order valence-electron chi connectivity index (χ1n) is 8.62. The van der Waals surface area contributed by atoms with Crippen LogP contribution in [-0.4, -0.2) is 37.0 Å². The average molecular weight is 337 g/mol. The Hall–Kier alpha value is -1.29. The second kappa shape index (κ2) is 5.97. The normalized spacial score (nSPS) is 21.9. The maximum atomic E-state index is 13.2. The van der Waals surface area contributed by atoms with E-state index in [0.717, 1.165) is 31.9 Å². The molecule has 23 heavy (non-hydrogen) atoms. The summed E-state index contributed by atoms with van der Waals surface area (Å²) in [7, 11) is 0. The number of anilines is 1. The molecule has 0 aromatic heterocycles. The van der Waals surface area contributed by atoms with E-state index >= 15 is 0 Å². The summed E-state index contributed by atoms with van der Waals surface area (Å²) < 4.78 is 13.2. The van der Waals surface area contributed by atoms with Crippen molar-refractivity contribution < 1.29 is 9.18 Å². The van der Waals surface area contributed by atoms with Gasteiger partial charge in [0.05, 0.1) is 10.7 Å². The van der Waals surface area contributed by atoms with Crippen molar-refractivity contribution in [1.29, 1.82) is 0 Å². The number of halogens is 2. The summed E-state index contributed by atoms with van der Waals surface area (Å²) >= 11 is 6.15. The summed E-state index contributed by atoms with van der Waals surface area (Å²) in [5, 5.41) is 0.443. The molecule has 1 heterocycles.